The van der Waals surface area contributed by atoms with Crippen LogP contribution in [0.4, 0.5) is 5.69 Å². The van der Waals surface area contributed by atoms with Crippen LogP contribution in [-0.2, 0) is 26.0 Å². The predicted octanol–water partition coefficient (Wildman–Crippen LogP) is 2.49. The van der Waals surface area contributed by atoms with Gasteiger partial charge in [0.2, 0.25) is 0 Å². The molecule has 6 nitrogen and oxygen atoms in total. The Hall–Kier alpha value is -2.09. The van der Waals surface area contributed by atoms with Gasteiger partial charge in [-0.05, 0) is 60.9 Å². The molecule has 0 spiro atoms. The van der Waals surface area contributed by atoms with Crippen LogP contribution < -0.4 is 10.5 Å². The van der Waals surface area contributed by atoms with E-state index in [-0.39, 0.29) is 11.3 Å². The third kappa shape index (κ3) is 4.94. The summed E-state index contributed by atoms with van der Waals surface area (Å²) in [5.41, 5.74) is 7.68. The van der Waals surface area contributed by atoms with E-state index in [9.17, 15) is 13.2 Å². The molecule has 0 bridgehead atoms. The number of sulfonamides is 1. The lowest BCUT2D eigenvalue weighted by atomic mass is 10.0. The Morgan fingerprint density at radius 3 is 2.48 bits per heavy atom. The Balaban J connectivity index is 2.27. The summed E-state index contributed by atoms with van der Waals surface area (Å²) in [6.45, 7) is 1.82. The quantitative estimate of drug-likeness (QED) is 0.748. The van der Waals surface area contributed by atoms with E-state index < -0.39 is 22.0 Å². The molecule has 0 saturated carbocycles. The van der Waals surface area contributed by atoms with Crippen LogP contribution in [0.25, 0.3) is 0 Å². The van der Waals surface area contributed by atoms with Gasteiger partial charge in [0.1, 0.15) is 6.04 Å². The highest BCUT2D eigenvalue weighted by Gasteiger charge is 2.19. The molecular formula is C17H19ClN2O4S. The Labute approximate surface area is 152 Å². The van der Waals surface area contributed by atoms with Crippen molar-refractivity contribution in [2.24, 2.45) is 5.73 Å². The lowest BCUT2D eigenvalue weighted by Crippen LogP contribution is -2.33. The summed E-state index contributed by atoms with van der Waals surface area (Å²) in [5.74, 6) is -0.549. The molecule has 0 aromatic heterocycles. The molecule has 25 heavy (non-hydrogen) atoms. The van der Waals surface area contributed by atoms with Crippen molar-refractivity contribution in [3.63, 3.8) is 0 Å². The maximum absolute atomic E-state index is 12.6. The maximum Gasteiger partial charge on any atom is 0.322 e. The molecule has 1 atom stereocenters. The second kappa shape index (κ2) is 7.86. The van der Waals surface area contributed by atoms with Crippen molar-refractivity contribution in [3.8, 4) is 0 Å². The van der Waals surface area contributed by atoms with Gasteiger partial charge in [-0.1, -0.05) is 17.7 Å². The molecular weight excluding hydrogens is 364 g/mol. The van der Waals surface area contributed by atoms with Crippen molar-refractivity contribution in [1.82, 2.24) is 0 Å². The number of carbonyl (C=O) groups excluding carboxylic acids is 1. The average molecular weight is 383 g/mol. The first-order chi connectivity index (χ1) is 11.7. The molecule has 2 rings (SSSR count). The average Bonchev–Trinajstić information content (AvgIpc) is 2.57. The zero-order valence-electron chi connectivity index (χ0n) is 13.8. The first-order valence-corrected chi connectivity index (χ1v) is 9.30. The Morgan fingerprint density at radius 2 is 1.88 bits per heavy atom. The molecule has 0 aliphatic rings. The van der Waals surface area contributed by atoms with Crippen molar-refractivity contribution in [3.05, 3.63) is 58.6 Å². The zero-order valence-corrected chi connectivity index (χ0v) is 15.4. The minimum absolute atomic E-state index is 0.0834. The van der Waals surface area contributed by atoms with Gasteiger partial charge < -0.3 is 10.5 Å². The lowest BCUT2D eigenvalue weighted by Gasteiger charge is -2.14. The third-order valence-electron chi connectivity index (χ3n) is 3.67. The number of benzene rings is 2. The number of carbonyl (C=O) groups is 1. The maximum atomic E-state index is 12.6. The highest BCUT2D eigenvalue weighted by molar-refractivity contribution is 7.92. The molecule has 0 saturated heterocycles. The summed E-state index contributed by atoms with van der Waals surface area (Å²) in [6.07, 6.45) is 0.183. The van der Waals surface area contributed by atoms with Gasteiger partial charge in [0.25, 0.3) is 10.0 Å². The molecule has 0 fully saturated rings. The second-order valence-corrected chi connectivity index (χ2v) is 7.65. The van der Waals surface area contributed by atoms with Crippen molar-refractivity contribution >= 4 is 33.3 Å². The third-order valence-corrected chi connectivity index (χ3v) is 5.30. The number of aryl methyl sites for hydroxylation is 1. The normalized spacial score (nSPS) is 12.5. The topological polar surface area (TPSA) is 98.5 Å². The largest absolute Gasteiger partial charge is 0.468 e. The number of anilines is 1. The zero-order chi connectivity index (χ0) is 18.6. The van der Waals surface area contributed by atoms with E-state index in [1.165, 1.54) is 19.2 Å². The number of ether oxygens (including phenoxy) is 1. The van der Waals surface area contributed by atoms with Gasteiger partial charge in [-0.25, -0.2) is 8.42 Å². The van der Waals surface area contributed by atoms with E-state index in [0.717, 1.165) is 5.56 Å². The Kier molecular flexibility index (Phi) is 6.05. The summed E-state index contributed by atoms with van der Waals surface area (Å²) < 4.78 is 32.2. The smallest absolute Gasteiger partial charge is 0.322 e. The number of rotatable bonds is 6. The van der Waals surface area contributed by atoms with Gasteiger partial charge >= 0.3 is 5.97 Å². The van der Waals surface area contributed by atoms with E-state index in [1.807, 2.05) is 6.92 Å². The summed E-state index contributed by atoms with van der Waals surface area (Å²) in [6, 6.07) is 10.2. The van der Waals surface area contributed by atoms with Crippen LogP contribution in [0.1, 0.15) is 11.1 Å². The minimum atomic E-state index is -3.78. The molecule has 3 N–H and O–H groups in total. The van der Waals surface area contributed by atoms with Crippen molar-refractivity contribution in [2.75, 3.05) is 11.8 Å². The van der Waals surface area contributed by atoms with Crippen molar-refractivity contribution < 1.29 is 17.9 Å². The fourth-order valence-corrected chi connectivity index (χ4v) is 3.47. The number of nitrogens with one attached hydrogen (secondary N) is 1. The SMILES string of the molecule is COC(=O)[C@@H](N)Cc1cc(S(=O)(=O)Nc2ccc(Cl)cc2)ccc1C. The predicted molar refractivity (Wildman–Crippen MR) is 97.1 cm³/mol. The minimum Gasteiger partial charge on any atom is -0.468 e. The van der Waals surface area contributed by atoms with Crippen LogP contribution in [0, 0.1) is 6.92 Å². The molecule has 134 valence electrons. The van der Waals surface area contributed by atoms with E-state index in [1.54, 1.807) is 30.3 Å². The number of halogens is 1. The summed E-state index contributed by atoms with van der Waals surface area (Å²) >= 11 is 5.80. The lowest BCUT2D eigenvalue weighted by molar-refractivity contribution is -0.142. The molecule has 0 aliphatic heterocycles. The molecule has 0 radical (unpaired) electrons. The van der Waals surface area contributed by atoms with Crippen LogP contribution in [0.15, 0.2) is 47.4 Å². The van der Waals surface area contributed by atoms with Crippen LogP contribution in [-0.4, -0.2) is 27.5 Å². The van der Waals surface area contributed by atoms with Gasteiger partial charge in [0, 0.05) is 10.7 Å². The highest BCUT2D eigenvalue weighted by Crippen LogP contribution is 2.21. The van der Waals surface area contributed by atoms with Gasteiger partial charge in [0.15, 0.2) is 0 Å². The molecule has 0 amide bonds. The monoisotopic (exact) mass is 382 g/mol. The van der Waals surface area contributed by atoms with Crippen molar-refractivity contribution in [1.29, 1.82) is 0 Å². The molecule has 2 aromatic carbocycles. The first kappa shape index (κ1) is 19.2. The molecule has 0 aliphatic carbocycles. The molecule has 8 heteroatoms. The molecule has 2 aromatic rings. The van der Waals surface area contributed by atoms with Crippen LogP contribution in [0.5, 0.6) is 0 Å². The van der Waals surface area contributed by atoms with Crippen LogP contribution >= 0.6 is 11.6 Å². The Morgan fingerprint density at radius 1 is 1.24 bits per heavy atom. The number of esters is 1. The number of hydrogen-bond donors (Lipinski definition) is 2. The van der Waals surface area contributed by atoms with Gasteiger partial charge in [-0.2, -0.15) is 0 Å². The van der Waals surface area contributed by atoms with E-state index >= 15 is 0 Å². The van der Waals surface area contributed by atoms with E-state index in [2.05, 4.69) is 9.46 Å². The van der Waals surface area contributed by atoms with Gasteiger partial charge in [-0.3, -0.25) is 9.52 Å². The van der Waals surface area contributed by atoms with Gasteiger partial charge in [0.05, 0.1) is 12.0 Å². The molecule has 0 heterocycles. The molecule has 0 unspecified atom stereocenters. The second-order valence-electron chi connectivity index (χ2n) is 5.53. The van der Waals surface area contributed by atoms with E-state index in [0.29, 0.717) is 16.3 Å². The van der Waals surface area contributed by atoms with Crippen molar-refractivity contribution in [2.45, 2.75) is 24.3 Å². The standard InChI is InChI=1S/C17H19ClN2O4S/c1-11-3-8-15(9-12(11)10-16(19)17(21)24-2)25(22,23)20-14-6-4-13(18)5-7-14/h3-9,16,20H,10,19H2,1-2H3/t16-/m0/s1. The van der Waals surface area contributed by atoms with Gasteiger partial charge in [-0.15, -0.1) is 0 Å². The number of hydrogen-bond acceptors (Lipinski definition) is 5. The Bertz CT molecular complexity index is 867. The fraction of sp³-hybridized carbons (Fsp3) is 0.235. The van der Waals surface area contributed by atoms with E-state index in [4.69, 9.17) is 17.3 Å². The highest BCUT2D eigenvalue weighted by atomic mass is 35.5. The summed E-state index contributed by atoms with van der Waals surface area (Å²) in [4.78, 5) is 11.6. The van der Waals surface area contributed by atoms with Crippen LogP contribution in [0.2, 0.25) is 5.02 Å². The number of nitrogens with two attached hydrogens (primary N) is 1. The van der Waals surface area contributed by atoms with Crippen LogP contribution in [0.3, 0.4) is 0 Å². The number of methoxy groups -OCH3 is 1. The fourth-order valence-electron chi connectivity index (χ4n) is 2.24. The summed E-state index contributed by atoms with van der Waals surface area (Å²) in [7, 11) is -2.52. The summed E-state index contributed by atoms with van der Waals surface area (Å²) in [5, 5.41) is 0.511. The first-order valence-electron chi connectivity index (χ1n) is 7.44.